The Kier molecular flexibility index (Phi) is 2.89. The van der Waals surface area contributed by atoms with E-state index in [2.05, 4.69) is 9.98 Å². The second kappa shape index (κ2) is 4.50. The summed E-state index contributed by atoms with van der Waals surface area (Å²) >= 11 is 0. The molecule has 0 spiro atoms. The molecule has 1 aromatic rings. The molecule has 18 heavy (non-hydrogen) atoms. The first-order valence-electron chi connectivity index (χ1n) is 4.87. The zero-order valence-electron chi connectivity index (χ0n) is 9.25. The minimum atomic E-state index is -0.212. The van der Waals surface area contributed by atoms with Crippen molar-refractivity contribution in [3.63, 3.8) is 0 Å². The molecule has 2 rings (SSSR count). The van der Waals surface area contributed by atoms with Gasteiger partial charge in [-0.05, 0) is 0 Å². The maximum atomic E-state index is 9.00. The fourth-order valence-corrected chi connectivity index (χ4v) is 1.39. The number of aliphatic imine (C=N–C) groups is 2. The van der Waals surface area contributed by atoms with Crippen molar-refractivity contribution in [2.24, 2.45) is 27.2 Å². The topological polar surface area (TPSA) is 145 Å². The SMILES string of the molecule is N#Cc1cc2c(cc1N=C(N)N=C(N)N)OCO2. The van der Waals surface area contributed by atoms with Crippen LogP contribution < -0.4 is 26.7 Å². The monoisotopic (exact) mass is 246 g/mol. The fourth-order valence-electron chi connectivity index (χ4n) is 1.39. The normalized spacial score (nSPS) is 12.9. The molecule has 92 valence electrons. The summed E-state index contributed by atoms with van der Waals surface area (Å²) in [4.78, 5) is 7.50. The number of ether oxygens (including phenoxy) is 2. The van der Waals surface area contributed by atoms with E-state index >= 15 is 0 Å². The lowest BCUT2D eigenvalue weighted by atomic mass is 10.2. The molecule has 0 saturated carbocycles. The van der Waals surface area contributed by atoms with Crippen LogP contribution in [0.25, 0.3) is 0 Å². The van der Waals surface area contributed by atoms with Gasteiger partial charge in [-0.2, -0.15) is 10.3 Å². The van der Waals surface area contributed by atoms with Crippen molar-refractivity contribution in [3.8, 4) is 17.6 Å². The van der Waals surface area contributed by atoms with Gasteiger partial charge in [-0.25, -0.2) is 4.99 Å². The standard InChI is InChI=1S/C10H10N6O2/c11-3-5-1-7-8(18-4-17-7)2-6(5)15-10(14)16-9(12)13/h1-2H,4H2,(H6,12,13,14,15,16). The molecule has 8 heteroatoms. The predicted octanol–water partition coefficient (Wildman–Crippen LogP) is -0.493. The Labute approximate surface area is 102 Å². The van der Waals surface area contributed by atoms with Crippen molar-refractivity contribution in [1.82, 2.24) is 0 Å². The molecule has 0 unspecified atom stereocenters. The molecule has 1 aromatic carbocycles. The zero-order valence-corrected chi connectivity index (χ0v) is 9.25. The van der Waals surface area contributed by atoms with Crippen LogP contribution in [0.3, 0.4) is 0 Å². The largest absolute Gasteiger partial charge is 0.454 e. The van der Waals surface area contributed by atoms with E-state index in [1.165, 1.54) is 12.1 Å². The number of nitrogens with two attached hydrogens (primary N) is 3. The molecular formula is C10H10N6O2. The second-order valence-electron chi connectivity index (χ2n) is 3.34. The number of rotatable bonds is 1. The first-order valence-corrected chi connectivity index (χ1v) is 4.87. The Morgan fingerprint density at radius 3 is 2.50 bits per heavy atom. The van der Waals surface area contributed by atoms with Crippen LogP contribution >= 0.6 is 0 Å². The summed E-state index contributed by atoms with van der Waals surface area (Å²) in [6.07, 6.45) is 0. The highest BCUT2D eigenvalue weighted by Crippen LogP contribution is 2.37. The third-order valence-electron chi connectivity index (χ3n) is 2.09. The number of hydrogen-bond acceptors (Lipinski definition) is 4. The molecule has 0 aliphatic carbocycles. The van der Waals surface area contributed by atoms with Gasteiger partial charge in [-0.15, -0.1) is 0 Å². The summed E-state index contributed by atoms with van der Waals surface area (Å²) in [6, 6.07) is 5.03. The van der Waals surface area contributed by atoms with Crippen molar-refractivity contribution in [3.05, 3.63) is 17.7 Å². The van der Waals surface area contributed by atoms with Crippen LogP contribution in [0.5, 0.6) is 11.5 Å². The molecule has 0 atom stereocenters. The number of guanidine groups is 2. The maximum Gasteiger partial charge on any atom is 0.231 e. The van der Waals surface area contributed by atoms with Crippen molar-refractivity contribution < 1.29 is 9.47 Å². The Morgan fingerprint density at radius 1 is 1.22 bits per heavy atom. The van der Waals surface area contributed by atoms with Gasteiger partial charge in [0.05, 0.1) is 11.3 Å². The smallest absolute Gasteiger partial charge is 0.231 e. The Bertz CT molecular complexity index is 583. The molecule has 0 saturated heterocycles. The molecule has 8 nitrogen and oxygen atoms in total. The second-order valence-corrected chi connectivity index (χ2v) is 3.34. The average molecular weight is 246 g/mol. The fraction of sp³-hybridized carbons (Fsp3) is 0.100. The molecule has 0 aromatic heterocycles. The van der Waals surface area contributed by atoms with E-state index in [9.17, 15) is 0 Å². The van der Waals surface area contributed by atoms with Gasteiger partial charge in [0, 0.05) is 12.1 Å². The number of hydrogen-bond donors (Lipinski definition) is 3. The van der Waals surface area contributed by atoms with E-state index in [1.807, 2.05) is 6.07 Å². The van der Waals surface area contributed by atoms with Gasteiger partial charge in [-0.1, -0.05) is 0 Å². The molecular weight excluding hydrogens is 236 g/mol. The van der Waals surface area contributed by atoms with Gasteiger partial charge < -0.3 is 26.7 Å². The summed E-state index contributed by atoms with van der Waals surface area (Å²) in [5, 5.41) is 9.00. The quantitative estimate of drug-likeness (QED) is 0.450. The van der Waals surface area contributed by atoms with E-state index in [0.717, 1.165) is 0 Å². The van der Waals surface area contributed by atoms with Crippen LogP contribution in [-0.4, -0.2) is 18.7 Å². The van der Waals surface area contributed by atoms with Gasteiger partial charge in [-0.3, -0.25) is 0 Å². The van der Waals surface area contributed by atoms with E-state index in [1.54, 1.807) is 0 Å². The molecule has 0 amide bonds. The maximum absolute atomic E-state index is 9.00. The zero-order chi connectivity index (χ0) is 13.1. The highest BCUT2D eigenvalue weighted by atomic mass is 16.7. The first-order chi connectivity index (χ1) is 8.60. The summed E-state index contributed by atoms with van der Waals surface area (Å²) in [5.41, 5.74) is 16.4. The molecule has 0 fully saturated rings. The lowest BCUT2D eigenvalue weighted by Crippen LogP contribution is -2.26. The van der Waals surface area contributed by atoms with E-state index < -0.39 is 0 Å². The average Bonchev–Trinajstić information content (AvgIpc) is 2.73. The third kappa shape index (κ3) is 2.25. The van der Waals surface area contributed by atoms with Crippen LogP contribution in [0.1, 0.15) is 5.56 Å². The predicted molar refractivity (Wildman–Crippen MR) is 64.4 cm³/mol. The molecule has 0 bridgehead atoms. The Balaban J connectivity index is 2.45. The van der Waals surface area contributed by atoms with E-state index in [4.69, 9.17) is 31.9 Å². The lowest BCUT2D eigenvalue weighted by molar-refractivity contribution is 0.174. The highest BCUT2D eigenvalue weighted by molar-refractivity contribution is 5.94. The number of benzene rings is 1. The van der Waals surface area contributed by atoms with Crippen molar-refractivity contribution in [1.29, 1.82) is 5.26 Å². The van der Waals surface area contributed by atoms with Gasteiger partial charge in [0.1, 0.15) is 6.07 Å². The van der Waals surface area contributed by atoms with Gasteiger partial charge in [0.2, 0.25) is 12.8 Å². The van der Waals surface area contributed by atoms with Gasteiger partial charge >= 0.3 is 0 Å². The highest BCUT2D eigenvalue weighted by Gasteiger charge is 2.17. The lowest BCUT2D eigenvalue weighted by Gasteiger charge is -2.01. The van der Waals surface area contributed by atoms with Gasteiger partial charge in [0.15, 0.2) is 17.5 Å². The summed E-state index contributed by atoms with van der Waals surface area (Å²) in [6.45, 7) is 0.108. The molecule has 0 radical (unpaired) electrons. The summed E-state index contributed by atoms with van der Waals surface area (Å²) in [5.74, 6) is 0.622. The van der Waals surface area contributed by atoms with E-state index in [-0.39, 0.29) is 24.3 Å². The number of nitrogens with zero attached hydrogens (tertiary/aromatic N) is 3. The van der Waals surface area contributed by atoms with Gasteiger partial charge in [0.25, 0.3) is 0 Å². The number of fused-ring (bicyclic) bond motifs is 1. The Hall–Kier alpha value is -2.95. The van der Waals surface area contributed by atoms with Crippen LogP contribution in [0.4, 0.5) is 5.69 Å². The van der Waals surface area contributed by atoms with Crippen LogP contribution in [0.15, 0.2) is 22.1 Å². The van der Waals surface area contributed by atoms with E-state index in [0.29, 0.717) is 17.2 Å². The minimum absolute atomic E-state index is 0.108. The Morgan fingerprint density at radius 2 is 1.89 bits per heavy atom. The summed E-state index contributed by atoms with van der Waals surface area (Å²) < 4.78 is 10.3. The minimum Gasteiger partial charge on any atom is -0.454 e. The third-order valence-corrected chi connectivity index (χ3v) is 2.09. The molecule has 1 heterocycles. The van der Waals surface area contributed by atoms with Crippen LogP contribution in [0, 0.1) is 11.3 Å². The van der Waals surface area contributed by atoms with Crippen molar-refractivity contribution >= 4 is 17.6 Å². The van der Waals surface area contributed by atoms with Crippen molar-refractivity contribution in [2.75, 3.05) is 6.79 Å². The van der Waals surface area contributed by atoms with Crippen LogP contribution in [-0.2, 0) is 0 Å². The molecule has 1 aliphatic heterocycles. The number of nitriles is 1. The molecule has 1 aliphatic rings. The summed E-state index contributed by atoms with van der Waals surface area (Å²) in [7, 11) is 0. The van der Waals surface area contributed by atoms with Crippen molar-refractivity contribution in [2.45, 2.75) is 0 Å². The van der Waals surface area contributed by atoms with Crippen LogP contribution in [0.2, 0.25) is 0 Å². The first kappa shape index (κ1) is 11.5. The molecule has 6 N–H and O–H groups in total.